The second-order valence-corrected chi connectivity index (χ2v) is 8.73. The number of unbranched alkanes of at least 4 members (excludes halogenated alkanes) is 12. The van der Waals surface area contributed by atoms with Crippen LogP contribution < -0.4 is 20.4 Å². The van der Waals surface area contributed by atoms with Crippen LogP contribution in [-0.4, -0.2) is 23.9 Å². The van der Waals surface area contributed by atoms with Gasteiger partial charge in [-0.1, -0.05) is 105 Å². The van der Waals surface area contributed by atoms with E-state index >= 15 is 0 Å². The summed E-state index contributed by atoms with van der Waals surface area (Å²) >= 11 is 0. The van der Waals surface area contributed by atoms with Crippen molar-refractivity contribution in [3.8, 4) is 0 Å². The predicted octanol–water partition coefficient (Wildman–Crippen LogP) is 2.82. The maximum Gasteiger partial charge on any atom is 2.00 e. The second-order valence-electron chi connectivity index (χ2n) is 8.73. The van der Waals surface area contributed by atoms with E-state index in [0.717, 1.165) is 103 Å². The van der Waals surface area contributed by atoms with Gasteiger partial charge in [0.1, 0.15) is 0 Å². The average molecular weight is 644 g/mol. The Labute approximate surface area is 253 Å². The summed E-state index contributed by atoms with van der Waals surface area (Å²) in [7, 11) is 0. The van der Waals surface area contributed by atoms with Crippen molar-refractivity contribution in [1.29, 1.82) is 0 Å². The molecule has 8 nitrogen and oxygen atoms in total. The number of carboxylic acid groups (broad SMARTS) is 4. The van der Waals surface area contributed by atoms with E-state index < -0.39 is 23.9 Å². The third-order valence-corrected chi connectivity index (χ3v) is 4.94. The summed E-state index contributed by atoms with van der Waals surface area (Å²) in [5, 5.41) is 39.4. The number of hydrogen-bond acceptors (Lipinski definition) is 8. The van der Waals surface area contributed by atoms with Crippen molar-refractivity contribution in [2.24, 2.45) is 0 Å². The normalized spacial score (nSPS) is 8.95. The van der Waals surface area contributed by atoms with Crippen LogP contribution in [0.5, 0.6) is 0 Å². The Morgan fingerprint density at radius 2 is 0.500 bits per heavy atom. The van der Waals surface area contributed by atoms with E-state index in [-0.39, 0.29) is 59.8 Å². The summed E-state index contributed by atoms with van der Waals surface area (Å²) in [6, 6.07) is 0. The number of hydrogen-bond donors (Lipinski definition) is 0. The number of rotatable bonds is 20. The number of carbonyl (C=O) groups is 4. The Kier molecular flexibility index (Phi) is 60.1. The average Bonchev–Trinajstić information content (AvgIpc) is 2.81. The van der Waals surface area contributed by atoms with Crippen LogP contribution in [0.2, 0.25) is 0 Å². The van der Waals surface area contributed by atoms with Crippen LogP contribution in [0.3, 0.4) is 0 Å². The molecular weight excluding hydrogens is 591 g/mol. The van der Waals surface area contributed by atoms with Gasteiger partial charge < -0.3 is 39.6 Å². The first kappa shape index (κ1) is 49.8. The van der Waals surface area contributed by atoms with Crippen LogP contribution in [0.25, 0.3) is 0 Å². The molecule has 0 aliphatic heterocycles. The van der Waals surface area contributed by atoms with E-state index in [9.17, 15) is 39.6 Å². The molecule has 0 N–H and O–H groups in total. The van der Waals surface area contributed by atoms with E-state index in [2.05, 4.69) is 27.7 Å². The molecule has 10 heteroatoms. The monoisotopic (exact) mass is 642 g/mol. The number of carboxylic acids is 4. The molecule has 0 bridgehead atoms. The fraction of sp³-hybridized carbons (Fsp3) is 0.857. The molecule has 0 spiro atoms. The van der Waals surface area contributed by atoms with Gasteiger partial charge in [0.2, 0.25) is 0 Å². The minimum atomic E-state index is -0.925. The molecule has 0 fully saturated rings. The van der Waals surface area contributed by atoms with Gasteiger partial charge in [-0.25, -0.2) is 0 Å². The van der Waals surface area contributed by atoms with Crippen LogP contribution >= 0.6 is 0 Å². The third-order valence-electron chi connectivity index (χ3n) is 4.94. The molecule has 0 saturated heterocycles. The molecule has 0 aliphatic rings. The molecule has 0 rings (SSSR count). The van der Waals surface area contributed by atoms with Gasteiger partial charge in [-0.15, -0.1) is 0 Å². The topological polar surface area (TPSA) is 161 Å². The molecule has 2 radical (unpaired) electrons. The molecule has 0 atom stereocenters. The fourth-order valence-electron chi connectivity index (χ4n) is 2.78. The molecule has 0 aliphatic carbocycles. The molecular formula is C28H52Cu2O8. The summed E-state index contributed by atoms with van der Waals surface area (Å²) in [4.78, 5) is 39.4. The Bertz CT molecular complexity index is 415. The molecule has 0 heterocycles. The summed E-state index contributed by atoms with van der Waals surface area (Å²) in [6.45, 7) is 8.38. The molecule has 0 saturated carbocycles. The number of aliphatic carboxylic acids is 4. The smallest absolute Gasteiger partial charge is 0.550 e. The largest absolute Gasteiger partial charge is 2.00 e. The van der Waals surface area contributed by atoms with Crippen LogP contribution in [0.1, 0.15) is 156 Å². The molecule has 0 aromatic rings. The molecule has 234 valence electrons. The van der Waals surface area contributed by atoms with E-state index in [0.29, 0.717) is 0 Å². The quantitative estimate of drug-likeness (QED) is 0.145. The first-order chi connectivity index (χ1) is 17.1. The van der Waals surface area contributed by atoms with Crippen molar-refractivity contribution in [3.05, 3.63) is 0 Å². The van der Waals surface area contributed by atoms with Gasteiger partial charge >= 0.3 is 34.1 Å². The van der Waals surface area contributed by atoms with Crippen LogP contribution in [-0.2, 0) is 53.3 Å². The van der Waals surface area contributed by atoms with Gasteiger partial charge in [0.15, 0.2) is 0 Å². The maximum absolute atomic E-state index is 9.85. The summed E-state index contributed by atoms with van der Waals surface area (Å²) < 4.78 is 0. The summed E-state index contributed by atoms with van der Waals surface area (Å²) in [5.74, 6) is -3.70. The van der Waals surface area contributed by atoms with Gasteiger partial charge in [-0.2, -0.15) is 0 Å². The van der Waals surface area contributed by atoms with Crippen molar-refractivity contribution < 1.29 is 73.7 Å². The predicted molar refractivity (Wildman–Crippen MR) is 135 cm³/mol. The first-order valence-corrected chi connectivity index (χ1v) is 13.9. The van der Waals surface area contributed by atoms with Gasteiger partial charge in [0.05, 0.1) is 0 Å². The van der Waals surface area contributed by atoms with Crippen molar-refractivity contribution in [2.75, 3.05) is 0 Å². The molecule has 0 unspecified atom stereocenters. The van der Waals surface area contributed by atoms with Crippen LogP contribution in [0.15, 0.2) is 0 Å². The minimum absolute atomic E-state index is 0. The summed E-state index contributed by atoms with van der Waals surface area (Å²) in [5.41, 5.74) is 0. The maximum atomic E-state index is 9.85. The SMILES string of the molecule is CCCCCCC(=O)[O-].CCCCCCC(=O)[O-].CCCCCCC(=O)[O-].CCCCCCC(=O)[O-].[Cu+2].[Cu+2]. The molecule has 0 aromatic heterocycles. The van der Waals surface area contributed by atoms with Crippen molar-refractivity contribution in [2.45, 2.75) is 156 Å². The van der Waals surface area contributed by atoms with E-state index in [1.165, 1.54) is 0 Å². The Balaban J connectivity index is -0.0000000883. The summed E-state index contributed by atoms with van der Waals surface area (Å²) in [6.07, 6.45) is 17.2. The van der Waals surface area contributed by atoms with Crippen LogP contribution in [0.4, 0.5) is 0 Å². The molecule has 38 heavy (non-hydrogen) atoms. The van der Waals surface area contributed by atoms with E-state index in [1.807, 2.05) is 0 Å². The van der Waals surface area contributed by atoms with Crippen molar-refractivity contribution >= 4 is 23.9 Å². The van der Waals surface area contributed by atoms with Crippen molar-refractivity contribution in [1.82, 2.24) is 0 Å². The molecule has 0 amide bonds. The van der Waals surface area contributed by atoms with Crippen molar-refractivity contribution in [3.63, 3.8) is 0 Å². The first-order valence-electron chi connectivity index (χ1n) is 13.9. The van der Waals surface area contributed by atoms with E-state index in [4.69, 9.17) is 0 Å². The number of carbonyl (C=O) groups excluding carboxylic acids is 4. The Hall–Kier alpha value is -1.08. The zero-order chi connectivity index (χ0) is 28.5. The fourth-order valence-corrected chi connectivity index (χ4v) is 2.78. The zero-order valence-electron chi connectivity index (χ0n) is 24.0. The van der Waals surface area contributed by atoms with Crippen LogP contribution in [0, 0.1) is 0 Å². The second kappa shape index (κ2) is 45.8. The van der Waals surface area contributed by atoms with Gasteiger partial charge in [-0.05, 0) is 51.4 Å². The minimum Gasteiger partial charge on any atom is -0.550 e. The Morgan fingerprint density at radius 1 is 0.342 bits per heavy atom. The standard InChI is InChI=1S/4C7H14O2.2Cu/c4*1-2-3-4-5-6-7(8)9;;/h4*2-6H2,1H3,(H,8,9);;/q;;;;2*+2/p-4. The third kappa shape index (κ3) is 76.5. The van der Waals surface area contributed by atoms with E-state index in [1.54, 1.807) is 0 Å². The zero-order valence-corrected chi connectivity index (χ0v) is 25.9. The van der Waals surface area contributed by atoms with Gasteiger partial charge in [-0.3, -0.25) is 0 Å². The Morgan fingerprint density at radius 3 is 0.605 bits per heavy atom. The van der Waals surface area contributed by atoms with Gasteiger partial charge in [0.25, 0.3) is 0 Å². The van der Waals surface area contributed by atoms with Gasteiger partial charge in [0, 0.05) is 23.9 Å². The molecule has 0 aromatic carbocycles.